The van der Waals surface area contributed by atoms with Gasteiger partial charge in [-0.2, -0.15) is 0 Å². The summed E-state index contributed by atoms with van der Waals surface area (Å²) in [7, 11) is 1.58. The summed E-state index contributed by atoms with van der Waals surface area (Å²) in [5.74, 6) is -2.08. The number of benzene rings is 2. The van der Waals surface area contributed by atoms with Gasteiger partial charge in [0.25, 0.3) is 0 Å². The second kappa shape index (κ2) is 10.8. The first-order valence-corrected chi connectivity index (χ1v) is 12.8. The summed E-state index contributed by atoms with van der Waals surface area (Å²) in [4.78, 5) is 6.97. The zero-order chi connectivity index (χ0) is 26.7. The van der Waals surface area contributed by atoms with E-state index in [4.69, 9.17) is 4.74 Å². The number of anilines is 1. The molecule has 0 atom stereocenters. The second-order valence-electron chi connectivity index (χ2n) is 8.32. The van der Waals surface area contributed by atoms with Crippen molar-refractivity contribution in [3.63, 3.8) is 0 Å². The molecule has 0 amide bonds. The number of rotatable bonds is 8. The molecule has 0 N–H and O–H groups in total. The molecule has 2 heterocycles. The van der Waals surface area contributed by atoms with Gasteiger partial charge >= 0.3 is 0 Å². The maximum absolute atomic E-state index is 14.3. The molecule has 0 saturated heterocycles. The van der Waals surface area contributed by atoms with Gasteiger partial charge in [0.15, 0.2) is 0 Å². The molecule has 6 nitrogen and oxygen atoms in total. The lowest BCUT2D eigenvalue weighted by atomic mass is 10.1. The standard InChI is InChI=1S/C25H26F5N5OS/c1-4-10-35-24(8-6-18-5-7-22(23(12-18)36-3)33-15-17(2)32-16-33)31-9-11-34(35)19-13-20(26)25(21(27)14-19)37(28,29)30/h5-8,12-16H,4,9-11H2,1-3H3/b8-6+. The Bertz CT molecular complexity index is 1310. The molecular formula is C25H26F5N5OS. The summed E-state index contributed by atoms with van der Waals surface area (Å²) in [6.45, 7) is 4.83. The van der Waals surface area contributed by atoms with Gasteiger partial charge in [0.05, 0.1) is 43.6 Å². The molecule has 2 aromatic carbocycles. The Morgan fingerprint density at radius 2 is 1.81 bits per heavy atom. The molecule has 4 rings (SSSR count). The van der Waals surface area contributed by atoms with E-state index in [1.54, 1.807) is 29.5 Å². The molecule has 1 aliphatic heterocycles. The Morgan fingerprint density at radius 1 is 1.08 bits per heavy atom. The van der Waals surface area contributed by atoms with Crippen LogP contribution in [0.2, 0.25) is 0 Å². The van der Waals surface area contributed by atoms with E-state index in [0.717, 1.165) is 29.1 Å². The minimum atomic E-state index is -6.04. The number of aliphatic imine (C=N–C) groups is 1. The van der Waals surface area contributed by atoms with Crippen molar-refractivity contribution in [3.8, 4) is 11.4 Å². The zero-order valence-corrected chi connectivity index (χ0v) is 21.3. The molecule has 1 aromatic heterocycles. The third-order valence-electron chi connectivity index (χ3n) is 5.71. The van der Waals surface area contributed by atoms with E-state index in [0.29, 0.717) is 31.1 Å². The second-order valence-corrected chi connectivity index (χ2v) is 9.54. The van der Waals surface area contributed by atoms with Crippen molar-refractivity contribution in [2.24, 2.45) is 4.99 Å². The smallest absolute Gasteiger partial charge is 0.243 e. The van der Waals surface area contributed by atoms with Crippen molar-refractivity contribution in [2.45, 2.75) is 25.2 Å². The summed E-state index contributed by atoms with van der Waals surface area (Å²) < 4.78 is 75.4. The number of hydrogen-bond donors (Lipinski definition) is 0. The Kier molecular flexibility index (Phi) is 7.76. The Labute approximate surface area is 213 Å². The van der Waals surface area contributed by atoms with Gasteiger partial charge in [-0.05, 0) is 37.1 Å². The highest BCUT2D eigenvalue weighted by molar-refractivity contribution is 8.20. The third kappa shape index (κ3) is 5.74. The van der Waals surface area contributed by atoms with Crippen LogP contribution in [0.1, 0.15) is 24.6 Å². The quantitative estimate of drug-likeness (QED) is 0.294. The summed E-state index contributed by atoms with van der Waals surface area (Å²) in [6.07, 6.45) is 7.85. The number of hydrazine groups is 1. The predicted molar refractivity (Wildman–Crippen MR) is 136 cm³/mol. The molecule has 0 radical (unpaired) electrons. The van der Waals surface area contributed by atoms with E-state index in [1.807, 2.05) is 48.9 Å². The minimum absolute atomic E-state index is 0.00158. The number of aromatic nitrogens is 2. The first-order valence-electron chi connectivity index (χ1n) is 11.5. The van der Waals surface area contributed by atoms with Crippen molar-refractivity contribution in [2.75, 3.05) is 31.8 Å². The maximum atomic E-state index is 14.3. The van der Waals surface area contributed by atoms with E-state index in [9.17, 15) is 20.4 Å². The van der Waals surface area contributed by atoms with Crippen LogP contribution < -0.4 is 9.75 Å². The predicted octanol–water partition coefficient (Wildman–Crippen LogP) is 6.84. The lowest BCUT2D eigenvalue weighted by molar-refractivity contribution is 0.369. The van der Waals surface area contributed by atoms with E-state index in [1.165, 1.54) is 0 Å². The zero-order valence-electron chi connectivity index (χ0n) is 20.5. The molecule has 0 saturated carbocycles. The molecular weight excluding hydrogens is 513 g/mol. The number of amidine groups is 1. The molecule has 1 aliphatic rings. The van der Waals surface area contributed by atoms with Crippen molar-refractivity contribution < 1.29 is 25.2 Å². The van der Waals surface area contributed by atoms with Crippen LogP contribution in [-0.4, -0.2) is 47.1 Å². The van der Waals surface area contributed by atoms with E-state index < -0.39 is 27.7 Å². The highest BCUT2D eigenvalue weighted by atomic mass is 32.3. The Hall–Kier alpha value is -3.54. The highest BCUT2D eigenvalue weighted by Gasteiger charge is 2.34. The van der Waals surface area contributed by atoms with Gasteiger partial charge in [-0.3, -0.25) is 15.0 Å². The van der Waals surface area contributed by atoms with Crippen LogP contribution in [0.25, 0.3) is 11.8 Å². The van der Waals surface area contributed by atoms with Crippen molar-refractivity contribution in [1.82, 2.24) is 14.6 Å². The van der Waals surface area contributed by atoms with Crippen LogP contribution in [0.5, 0.6) is 5.75 Å². The number of imidazole rings is 1. The molecule has 0 spiro atoms. The van der Waals surface area contributed by atoms with E-state index in [2.05, 4.69) is 9.98 Å². The summed E-state index contributed by atoms with van der Waals surface area (Å²) in [5, 5.41) is 3.27. The Balaban J connectivity index is 1.62. The van der Waals surface area contributed by atoms with Crippen LogP contribution in [-0.2, 0) is 0 Å². The van der Waals surface area contributed by atoms with Crippen LogP contribution >= 0.6 is 11.2 Å². The third-order valence-corrected chi connectivity index (χ3v) is 6.56. The van der Waals surface area contributed by atoms with Gasteiger partial charge in [-0.1, -0.05) is 19.1 Å². The maximum Gasteiger partial charge on any atom is 0.243 e. The first kappa shape index (κ1) is 26.5. The number of halogens is 5. The molecule has 3 aromatic rings. The van der Waals surface area contributed by atoms with E-state index >= 15 is 0 Å². The number of methoxy groups -OCH3 is 1. The molecule has 0 bridgehead atoms. The van der Waals surface area contributed by atoms with Gasteiger partial charge < -0.3 is 9.30 Å². The summed E-state index contributed by atoms with van der Waals surface area (Å²) in [5.41, 5.74) is 2.51. The van der Waals surface area contributed by atoms with Crippen molar-refractivity contribution >= 4 is 28.8 Å². The lowest BCUT2D eigenvalue weighted by Gasteiger charge is -2.40. The normalized spacial score (nSPS) is 14.9. The number of hydrogen-bond acceptors (Lipinski definition) is 5. The first-order chi connectivity index (χ1) is 17.6. The summed E-state index contributed by atoms with van der Waals surface area (Å²) in [6, 6.07) is 7.12. The molecule has 0 fully saturated rings. The Morgan fingerprint density at radius 3 is 2.41 bits per heavy atom. The van der Waals surface area contributed by atoms with Crippen LogP contribution in [0, 0.1) is 18.6 Å². The molecule has 198 valence electrons. The number of aryl methyl sites for hydroxylation is 1. The molecule has 12 heteroatoms. The monoisotopic (exact) mass is 539 g/mol. The SMILES string of the molecule is CCCN1C(/C=C/c2ccc(-n3cnc(C)c3)c(OC)c2)=NCCN1c1cc(F)c(S(F)(F)F)c(F)c1. The van der Waals surface area contributed by atoms with Crippen LogP contribution in [0.4, 0.5) is 26.1 Å². The van der Waals surface area contributed by atoms with Gasteiger partial charge in [0, 0.05) is 24.9 Å². The number of ether oxygens (including phenoxy) is 1. The van der Waals surface area contributed by atoms with E-state index in [-0.39, 0.29) is 12.2 Å². The highest BCUT2D eigenvalue weighted by Crippen LogP contribution is 2.62. The van der Waals surface area contributed by atoms with Gasteiger partial charge in [-0.15, -0.1) is 11.7 Å². The lowest BCUT2D eigenvalue weighted by Crippen LogP contribution is -2.51. The van der Waals surface area contributed by atoms with Crippen LogP contribution in [0.3, 0.4) is 0 Å². The molecule has 37 heavy (non-hydrogen) atoms. The van der Waals surface area contributed by atoms with Gasteiger partial charge in [0.2, 0.25) is 11.2 Å². The molecule has 0 aliphatic carbocycles. The molecule has 0 unspecified atom stereocenters. The van der Waals surface area contributed by atoms with Crippen molar-refractivity contribution in [3.05, 3.63) is 71.8 Å². The van der Waals surface area contributed by atoms with Crippen LogP contribution in [0.15, 0.2) is 58.8 Å². The van der Waals surface area contributed by atoms with Crippen molar-refractivity contribution in [1.29, 1.82) is 0 Å². The summed E-state index contributed by atoms with van der Waals surface area (Å²) >= 11 is -6.04. The van der Waals surface area contributed by atoms with Gasteiger partial charge in [-0.25, -0.2) is 13.8 Å². The minimum Gasteiger partial charge on any atom is -0.495 e. The fourth-order valence-electron chi connectivity index (χ4n) is 4.09. The fourth-order valence-corrected chi connectivity index (χ4v) is 4.65. The average Bonchev–Trinajstić information content (AvgIpc) is 3.27. The average molecular weight is 540 g/mol. The largest absolute Gasteiger partial charge is 0.495 e. The number of nitrogens with zero attached hydrogens (tertiary/aromatic N) is 5. The van der Waals surface area contributed by atoms with Gasteiger partial charge in [0.1, 0.15) is 28.1 Å². The fraction of sp³-hybridized carbons (Fsp3) is 0.280. The topological polar surface area (TPSA) is 45.9 Å².